The van der Waals surface area contributed by atoms with Gasteiger partial charge in [0.25, 0.3) is 0 Å². The molecule has 1 saturated carbocycles. The Morgan fingerprint density at radius 3 is 2.47 bits per heavy atom. The first-order valence-electron chi connectivity index (χ1n) is 11.6. The molecule has 0 bridgehead atoms. The van der Waals surface area contributed by atoms with E-state index in [0.717, 1.165) is 19.3 Å². The molecule has 1 aromatic rings. The number of alkyl carbamates (subject to hydrolysis) is 1. The van der Waals surface area contributed by atoms with Gasteiger partial charge in [-0.2, -0.15) is 0 Å². The van der Waals surface area contributed by atoms with Gasteiger partial charge in [-0.15, -0.1) is 13.2 Å². The van der Waals surface area contributed by atoms with E-state index in [0.29, 0.717) is 25.8 Å². The fourth-order valence-corrected chi connectivity index (χ4v) is 4.76. The van der Waals surface area contributed by atoms with Crippen molar-refractivity contribution in [2.24, 2.45) is 0 Å². The molecule has 1 heterocycles. The molecule has 2 atom stereocenters. The summed E-state index contributed by atoms with van der Waals surface area (Å²) in [6, 6.07) is 4.96. The van der Waals surface area contributed by atoms with E-state index >= 15 is 0 Å². The molecule has 10 heteroatoms. The molecular formula is C24H33F3N2O5. The highest BCUT2D eigenvalue weighted by atomic mass is 19.4. The minimum Gasteiger partial charge on any atom is -0.444 e. The Bertz CT molecular complexity index is 878. The summed E-state index contributed by atoms with van der Waals surface area (Å²) in [5, 5.41) is 14.2. The lowest BCUT2D eigenvalue weighted by Crippen LogP contribution is -2.48. The fraction of sp³-hybridized carbons (Fsp3) is 0.667. The van der Waals surface area contributed by atoms with E-state index in [2.05, 4.69) is 10.1 Å². The van der Waals surface area contributed by atoms with Crippen LogP contribution >= 0.6 is 0 Å². The highest BCUT2D eigenvalue weighted by Crippen LogP contribution is 2.42. The van der Waals surface area contributed by atoms with Gasteiger partial charge in [-0.05, 0) is 57.7 Å². The Kier molecular flexibility index (Phi) is 7.69. The summed E-state index contributed by atoms with van der Waals surface area (Å²) in [6.07, 6.45) is -1.81. The summed E-state index contributed by atoms with van der Waals surface area (Å²) in [5.41, 5.74) is -1.75. The van der Waals surface area contributed by atoms with Crippen molar-refractivity contribution in [3.8, 4) is 5.75 Å². The van der Waals surface area contributed by atoms with E-state index in [1.54, 1.807) is 31.7 Å². The fourth-order valence-electron chi connectivity index (χ4n) is 4.76. The van der Waals surface area contributed by atoms with Crippen LogP contribution in [0.15, 0.2) is 24.3 Å². The largest absolute Gasteiger partial charge is 0.573 e. The first-order valence-corrected chi connectivity index (χ1v) is 11.6. The molecule has 1 unspecified atom stereocenters. The third-order valence-corrected chi connectivity index (χ3v) is 6.15. The van der Waals surface area contributed by atoms with E-state index < -0.39 is 35.3 Å². The molecule has 7 nitrogen and oxygen atoms in total. The van der Waals surface area contributed by atoms with Crippen LogP contribution in [0.25, 0.3) is 0 Å². The third kappa shape index (κ3) is 7.01. The molecule has 34 heavy (non-hydrogen) atoms. The molecule has 190 valence electrons. The maximum atomic E-state index is 13.7. The molecule has 1 aliphatic carbocycles. The van der Waals surface area contributed by atoms with Crippen molar-refractivity contribution < 1.29 is 37.3 Å². The Labute approximate surface area is 197 Å². The zero-order chi connectivity index (χ0) is 25.1. The maximum absolute atomic E-state index is 13.7. The number of hydrogen-bond donors (Lipinski definition) is 2. The highest BCUT2D eigenvalue weighted by Gasteiger charge is 2.46. The summed E-state index contributed by atoms with van der Waals surface area (Å²) in [7, 11) is 0. The molecule has 3 rings (SSSR count). The van der Waals surface area contributed by atoms with Gasteiger partial charge in [-0.25, -0.2) is 4.79 Å². The van der Waals surface area contributed by atoms with Gasteiger partial charge in [-0.3, -0.25) is 4.79 Å². The number of carbonyl (C=O) groups is 2. The van der Waals surface area contributed by atoms with Crippen molar-refractivity contribution in [2.45, 2.75) is 88.8 Å². The van der Waals surface area contributed by atoms with Crippen LogP contribution in [-0.2, 0) is 9.53 Å². The molecule has 2 N–H and O–H groups in total. The molecule has 2 fully saturated rings. The van der Waals surface area contributed by atoms with Gasteiger partial charge in [-0.1, -0.05) is 31.4 Å². The lowest BCUT2D eigenvalue weighted by molar-refractivity contribution is -0.274. The molecule has 1 saturated heterocycles. The minimum absolute atomic E-state index is 0.226. The van der Waals surface area contributed by atoms with Gasteiger partial charge in [0, 0.05) is 13.1 Å². The molecular weight excluding hydrogens is 453 g/mol. The van der Waals surface area contributed by atoms with Crippen molar-refractivity contribution in [2.75, 3.05) is 13.1 Å². The summed E-state index contributed by atoms with van der Waals surface area (Å²) in [4.78, 5) is 27.3. The monoisotopic (exact) mass is 486 g/mol. The van der Waals surface area contributed by atoms with Crippen LogP contribution in [0.1, 0.15) is 70.8 Å². The number of aliphatic hydroxyl groups is 1. The van der Waals surface area contributed by atoms with Gasteiger partial charge in [0.1, 0.15) is 11.4 Å². The maximum Gasteiger partial charge on any atom is 0.573 e. The number of amides is 2. The normalized spacial score (nSPS) is 21.6. The number of nitrogens with zero attached hydrogens (tertiary/aromatic N) is 1. The molecule has 0 radical (unpaired) electrons. The number of ether oxygens (including phenoxy) is 2. The zero-order valence-corrected chi connectivity index (χ0v) is 19.8. The number of halogens is 3. The number of rotatable bonds is 5. The first kappa shape index (κ1) is 26.1. The lowest BCUT2D eigenvalue weighted by Gasteiger charge is -2.40. The number of alkyl halides is 3. The Hall–Kier alpha value is -2.49. The van der Waals surface area contributed by atoms with Gasteiger partial charge in [0.15, 0.2) is 0 Å². The number of likely N-dealkylation sites (tertiary alicyclic amines) is 1. The van der Waals surface area contributed by atoms with Crippen LogP contribution < -0.4 is 10.1 Å². The molecule has 0 spiro atoms. The number of carbonyl (C=O) groups excluding carboxylic acids is 2. The Balaban J connectivity index is 1.80. The van der Waals surface area contributed by atoms with Crippen molar-refractivity contribution in [3.05, 3.63) is 29.8 Å². The minimum atomic E-state index is -4.87. The van der Waals surface area contributed by atoms with Crippen molar-refractivity contribution in [1.82, 2.24) is 10.2 Å². The van der Waals surface area contributed by atoms with Crippen molar-refractivity contribution in [1.29, 1.82) is 0 Å². The topological polar surface area (TPSA) is 88.1 Å². The summed E-state index contributed by atoms with van der Waals surface area (Å²) < 4.78 is 47.6. The Morgan fingerprint density at radius 1 is 1.18 bits per heavy atom. The second kappa shape index (κ2) is 10.0. The van der Waals surface area contributed by atoms with Crippen LogP contribution in [0, 0.1) is 0 Å². The lowest BCUT2D eigenvalue weighted by atomic mass is 9.72. The molecule has 1 aromatic carbocycles. The summed E-state index contributed by atoms with van der Waals surface area (Å²) in [5.74, 6) is -1.85. The second-order valence-corrected chi connectivity index (χ2v) is 10.1. The third-order valence-electron chi connectivity index (χ3n) is 6.15. The first-order chi connectivity index (χ1) is 15.8. The second-order valence-electron chi connectivity index (χ2n) is 10.1. The predicted molar refractivity (Wildman–Crippen MR) is 118 cm³/mol. The number of benzene rings is 1. The van der Waals surface area contributed by atoms with Crippen LogP contribution in [0.3, 0.4) is 0 Å². The molecule has 2 aliphatic rings. The summed E-state index contributed by atoms with van der Waals surface area (Å²) >= 11 is 0. The SMILES string of the molecule is CC(C)(C)OC(=O)N[C@H]1CCN(C(=O)C(c2cccc(OC(F)(F)F)c2)C2(O)CCCCC2)C1. The average Bonchev–Trinajstić information content (AvgIpc) is 3.14. The van der Waals surface area contributed by atoms with E-state index in [-0.39, 0.29) is 24.1 Å². The quantitative estimate of drug-likeness (QED) is 0.640. The van der Waals surface area contributed by atoms with Crippen molar-refractivity contribution in [3.63, 3.8) is 0 Å². The van der Waals surface area contributed by atoms with Gasteiger partial charge in [0.05, 0.1) is 17.6 Å². The molecule has 0 aromatic heterocycles. The standard InChI is InChI=1S/C24H33F3N2O5/c1-22(2,3)34-21(31)28-17-10-13-29(15-17)20(30)19(23(32)11-5-4-6-12-23)16-8-7-9-18(14-16)33-24(25,26)27/h7-9,14,17,19,32H,4-6,10-13,15H2,1-3H3,(H,28,31)/t17-,19?/m0/s1. The van der Waals surface area contributed by atoms with Gasteiger partial charge in [0.2, 0.25) is 5.91 Å². The van der Waals surface area contributed by atoms with E-state index in [1.807, 2.05) is 0 Å². The number of hydrogen-bond acceptors (Lipinski definition) is 5. The average molecular weight is 487 g/mol. The molecule has 2 amide bonds. The van der Waals surface area contributed by atoms with Gasteiger partial charge < -0.3 is 24.8 Å². The van der Waals surface area contributed by atoms with Crippen LogP contribution in [0.2, 0.25) is 0 Å². The smallest absolute Gasteiger partial charge is 0.444 e. The van der Waals surface area contributed by atoms with Crippen LogP contribution in [0.4, 0.5) is 18.0 Å². The zero-order valence-electron chi connectivity index (χ0n) is 19.8. The Morgan fingerprint density at radius 2 is 1.85 bits per heavy atom. The van der Waals surface area contributed by atoms with E-state index in [4.69, 9.17) is 4.74 Å². The van der Waals surface area contributed by atoms with Crippen LogP contribution in [-0.4, -0.2) is 58.7 Å². The van der Waals surface area contributed by atoms with Crippen molar-refractivity contribution >= 4 is 12.0 Å². The van der Waals surface area contributed by atoms with Gasteiger partial charge >= 0.3 is 12.5 Å². The van der Waals surface area contributed by atoms with E-state index in [9.17, 15) is 27.9 Å². The van der Waals surface area contributed by atoms with Crippen LogP contribution in [0.5, 0.6) is 5.75 Å². The number of nitrogens with one attached hydrogen (secondary N) is 1. The predicted octanol–water partition coefficient (Wildman–Crippen LogP) is 4.49. The summed E-state index contributed by atoms with van der Waals surface area (Å²) in [6.45, 7) is 5.84. The highest BCUT2D eigenvalue weighted by molar-refractivity contribution is 5.86. The molecule has 1 aliphatic heterocycles. The van der Waals surface area contributed by atoms with E-state index in [1.165, 1.54) is 18.2 Å².